The second-order valence-corrected chi connectivity index (χ2v) is 2.30. The van der Waals surface area contributed by atoms with Crippen LogP contribution in [0.5, 0.6) is 0 Å². The zero-order chi connectivity index (χ0) is 7.82. The Labute approximate surface area is 66.5 Å². The summed E-state index contributed by atoms with van der Waals surface area (Å²) in [5.41, 5.74) is 1.46. The van der Waals surface area contributed by atoms with Gasteiger partial charge in [0, 0.05) is 12.6 Å². The summed E-state index contributed by atoms with van der Waals surface area (Å²) in [5, 5.41) is 9.07. The molecule has 0 spiro atoms. The van der Waals surface area contributed by atoms with E-state index in [0.29, 0.717) is 13.0 Å². The van der Waals surface area contributed by atoms with E-state index in [-0.39, 0.29) is 6.10 Å². The molecule has 0 heterocycles. The van der Waals surface area contributed by atoms with Gasteiger partial charge < -0.3 is 9.84 Å². The van der Waals surface area contributed by atoms with Gasteiger partial charge in [-0.2, -0.15) is 0 Å². The summed E-state index contributed by atoms with van der Waals surface area (Å²) in [6.45, 7) is 0.399. The first-order chi connectivity index (χ1) is 4.81. The number of rotatable bonds is 5. The van der Waals surface area contributed by atoms with Crippen LogP contribution in [0, 0.1) is 0 Å². The summed E-state index contributed by atoms with van der Waals surface area (Å²) in [7, 11) is 1.57. The molecule has 1 unspecified atom stereocenters. The lowest BCUT2D eigenvalue weighted by atomic mass is 10.2. The lowest BCUT2D eigenvalue weighted by Crippen LogP contribution is -2.12. The minimum absolute atomic E-state index is 0.363. The third kappa shape index (κ3) is 6.08. The van der Waals surface area contributed by atoms with Gasteiger partial charge in [-0.05, 0) is 12.8 Å². The van der Waals surface area contributed by atoms with E-state index in [4.69, 9.17) is 21.4 Å². The van der Waals surface area contributed by atoms with E-state index < -0.39 is 0 Å². The number of hydrogen-bond donors (Lipinski definition) is 1. The van der Waals surface area contributed by atoms with Crippen LogP contribution in [0.3, 0.4) is 0 Å². The molecule has 2 nitrogen and oxygen atoms in total. The average molecular weight is 165 g/mol. The Morgan fingerprint density at radius 3 is 2.90 bits per heavy atom. The highest BCUT2D eigenvalue weighted by Crippen LogP contribution is 1.98. The number of allylic oxidation sites excluding steroid dienone is 1. The Morgan fingerprint density at radius 1 is 1.70 bits per heavy atom. The molecule has 1 atom stereocenters. The predicted octanol–water partition coefficient (Wildman–Crippen LogP) is 1.53. The molecule has 60 valence electrons. The van der Waals surface area contributed by atoms with Crippen LogP contribution in [-0.2, 0) is 4.74 Å². The van der Waals surface area contributed by atoms with Crippen molar-refractivity contribution in [3.8, 4) is 0 Å². The van der Waals surface area contributed by atoms with Crippen molar-refractivity contribution in [1.29, 1.82) is 0 Å². The monoisotopic (exact) mass is 164 g/mol. The highest BCUT2D eigenvalue weighted by molar-refractivity contribution is 6.25. The fourth-order valence-corrected chi connectivity index (χ4v) is 0.753. The number of aliphatic hydroxyl groups excluding tert-OH is 1. The summed E-state index contributed by atoms with van der Waals surface area (Å²) in [6.07, 6.45) is 2.95. The summed E-state index contributed by atoms with van der Waals surface area (Å²) < 4.78 is 4.73. The first-order valence-electron chi connectivity index (χ1n) is 3.23. The second kappa shape index (κ2) is 7.06. The fourth-order valence-electron chi connectivity index (χ4n) is 0.627. The summed E-state index contributed by atoms with van der Waals surface area (Å²) in [4.78, 5) is 0. The molecule has 0 aromatic heterocycles. The summed E-state index contributed by atoms with van der Waals surface area (Å²) in [5.74, 6) is 0. The van der Waals surface area contributed by atoms with Gasteiger partial charge in [0.25, 0.3) is 0 Å². The smallest absolute Gasteiger partial charge is 0.0776 e. The average Bonchev–Trinajstić information content (AvgIpc) is 1.89. The molecule has 0 amide bonds. The molecule has 0 aliphatic carbocycles. The van der Waals surface area contributed by atoms with Crippen molar-refractivity contribution in [2.24, 2.45) is 0 Å². The van der Waals surface area contributed by atoms with Crippen LogP contribution in [0.25, 0.3) is 0 Å². The van der Waals surface area contributed by atoms with Gasteiger partial charge in [0.15, 0.2) is 0 Å². The van der Waals surface area contributed by atoms with E-state index in [1.165, 1.54) is 5.54 Å². The molecular formula is C7H13ClO2. The lowest BCUT2D eigenvalue weighted by Gasteiger charge is -2.05. The number of aliphatic hydroxyl groups is 1. The van der Waals surface area contributed by atoms with E-state index in [2.05, 4.69) is 0 Å². The van der Waals surface area contributed by atoms with Gasteiger partial charge in [-0.1, -0.05) is 17.7 Å². The van der Waals surface area contributed by atoms with Gasteiger partial charge in [0.2, 0.25) is 0 Å². The molecule has 0 aliphatic heterocycles. The van der Waals surface area contributed by atoms with Gasteiger partial charge in [0.1, 0.15) is 0 Å². The summed E-state index contributed by atoms with van der Waals surface area (Å²) in [6, 6.07) is 0. The fraction of sp³-hybridized carbons (Fsp3) is 0.714. The highest BCUT2D eigenvalue weighted by Gasteiger charge is 1.99. The minimum Gasteiger partial charge on any atom is -0.391 e. The largest absolute Gasteiger partial charge is 0.391 e. The van der Waals surface area contributed by atoms with Crippen LogP contribution in [-0.4, -0.2) is 24.9 Å². The van der Waals surface area contributed by atoms with E-state index in [1.54, 1.807) is 13.2 Å². The number of methoxy groups -OCH3 is 1. The van der Waals surface area contributed by atoms with Gasteiger partial charge in [0.05, 0.1) is 12.7 Å². The van der Waals surface area contributed by atoms with Gasteiger partial charge >= 0.3 is 0 Å². The van der Waals surface area contributed by atoms with Gasteiger partial charge in [-0.3, -0.25) is 0 Å². The molecule has 0 rings (SSSR count). The SMILES string of the molecule is COCC(O)CC/C=C/Cl. The highest BCUT2D eigenvalue weighted by atomic mass is 35.5. The van der Waals surface area contributed by atoms with Gasteiger partial charge in [-0.15, -0.1) is 0 Å². The van der Waals surface area contributed by atoms with Crippen LogP contribution in [0.1, 0.15) is 12.8 Å². The van der Waals surface area contributed by atoms with Crippen molar-refractivity contribution in [3.05, 3.63) is 11.6 Å². The number of ether oxygens (including phenoxy) is 1. The molecule has 0 saturated heterocycles. The third-order valence-corrected chi connectivity index (χ3v) is 1.29. The maximum atomic E-state index is 9.07. The van der Waals surface area contributed by atoms with Crippen LogP contribution in [0.4, 0.5) is 0 Å². The van der Waals surface area contributed by atoms with Gasteiger partial charge in [-0.25, -0.2) is 0 Å². The molecule has 10 heavy (non-hydrogen) atoms. The van der Waals surface area contributed by atoms with E-state index in [1.807, 2.05) is 0 Å². The Balaban J connectivity index is 3.12. The Hall–Kier alpha value is -0.0500. The van der Waals surface area contributed by atoms with E-state index >= 15 is 0 Å². The maximum absolute atomic E-state index is 9.07. The van der Waals surface area contributed by atoms with Crippen molar-refractivity contribution in [3.63, 3.8) is 0 Å². The van der Waals surface area contributed by atoms with Crippen LogP contribution < -0.4 is 0 Å². The standard InChI is InChI=1S/C7H13ClO2/c1-10-6-7(9)4-2-3-5-8/h3,5,7,9H,2,4,6H2,1H3/b5-3+. The topological polar surface area (TPSA) is 29.5 Å². The maximum Gasteiger partial charge on any atom is 0.0776 e. The molecule has 0 saturated carbocycles. The van der Waals surface area contributed by atoms with Crippen LogP contribution in [0.15, 0.2) is 11.6 Å². The molecule has 0 aliphatic rings. The second-order valence-electron chi connectivity index (χ2n) is 2.05. The molecule has 0 aromatic rings. The van der Waals surface area contributed by atoms with Crippen molar-refractivity contribution in [2.45, 2.75) is 18.9 Å². The first kappa shape index (κ1) is 9.95. The normalized spacial score (nSPS) is 14.3. The molecule has 0 fully saturated rings. The Kier molecular flexibility index (Phi) is 7.03. The van der Waals surface area contributed by atoms with Crippen molar-refractivity contribution in [1.82, 2.24) is 0 Å². The zero-order valence-corrected chi connectivity index (χ0v) is 6.84. The number of halogens is 1. The molecule has 0 radical (unpaired) electrons. The minimum atomic E-state index is -0.363. The summed E-state index contributed by atoms with van der Waals surface area (Å²) >= 11 is 5.27. The van der Waals surface area contributed by atoms with Crippen molar-refractivity contribution >= 4 is 11.6 Å². The molecule has 0 aromatic carbocycles. The lowest BCUT2D eigenvalue weighted by molar-refractivity contribution is 0.0600. The third-order valence-electron chi connectivity index (χ3n) is 1.11. The zero-order valence-electron chi connectivity index (χ0n) is 6.09. The van der Waals surface area contributed by atoms with Crippen molar-refractivity contribution < 1.29 is 9.84 Å². The van der Waals surface area contributed by atoms with E-state index in [0.717, 1.165) is 6.42 Å². The predicted molar refractivity (Wildman–Crippen MR) is 42.1 cm³/mol. The molecule has 3 heteroatoms. The van der Waals surface area contributed by atoms with E-state index in [9.17, 15) is 0 Å². The molecule has 0 bridgehead atoms. The Bertz CT molecular complexity index is 93.6. The number of hydrogen-bond acceptors (Lipinski definition) is 2. The van der Waals surface area contributed by atoms with Crippen LogP contribution in [0.2, 0.25) is 0 Å². The molecular weight excluding hydrogens is 152 g/mol. The van der Waals surface area contributed by atoms with Crippen molar-refractivity contribution in [2.75, 3.05) is 13.7 Å². The molecule has 1 N–H and O–H groups in total. The Morgan fingerprint density at radius 2 is 2.40 bits per heavy atom. The quantitative estimate of drug-likeness (QED) is 0.668. The first-order valence-corrected chi connectivity index (χ1v) is 3.67. The van der Waals surface area contributed by atoms with Crippen LogP contribution >= 0.6 is 11.6 Å².